The van der Waals surface area contributed by atoms with Gasteiger partial charge in [0.2, 0.25) is 5.43 Å². The summed E-state index contributed by atoms with van der Waals surface area (Å²) in [5, 5.41) is 5.59. The van der Waals surface area contributed by atoms with Gasteiger partial charge in [0.25, 0.3) is 11.8 Å². The minimum atomic E-state index is -0.557. The molecule has 1 fully saturated rings. The molecule has 2 heterocycles. The molecule has 0 bridgehead atoms. The van der Waals surface area contributed by atoms with E-state index in [2.05, 4.69) is 10.3 Å². The Morgan fingerprint density at radius 2 is 1.69 bits per heavy atom. The zero-order valence-electron chi connectivity index (χ0n) is 19.9. The number of hydrogen-bond acceptors (Lipinski definition) is 5. The first-order valence-electron chi connectivity index (χ1n) is 11.8. The number of hydrogen-bond donors (Lipinski definition) is 1. The van der Waals surface area contributed by atoms with Crippen molar-refractivity contribution in [3.05, 3.63) is 110 Å². The third kappa shape index (κ3) is 5.44. The van der Waals surface area contributed by atoms with Crippen LogP contribution in [0.3, 0.4) is 0 Å². The van der Waals surface area contributed by atoms with Crippen molar-refractivity contribution in [2.24, 2.45) is 0 Å². The van der Waals surface area contributed by atoms with Gasteiger partial charge < -0.3 is 14.8 Å². The highest BCUT2D eigenvalue weighted by Crippen LogP contribution is 2.23. The fraction of sp³-hybridized carbons (Fsp3) is 0.214. The van der Waals surface area contributed by atoms with Crippen molar-refractivity contribution in [2.45, 2.75) is 32.0 Å². The molecule has 36 heavy (non-hydrogen) atoms. The number of nitrogens with zero attached hydrogens (tertiary/aromatic N) is 3. The summed E-state index contributed by atoms with van der Waals surface area (Å²) in [5.41, 5.74) is 2.25. The Morgan fingerprint density at radius 1 is 1.03 bits per heavy atom. The topological polar surface area (TPSA) is 84.3 Å². The maximum atomic E-state index is 13.4. The summed E-state index contributed by atoms with van der Waals surface area (Å²) in [5.74, 6) is -0.881. The lowest BCUT2D eigenvalue weighted by molar-refractivity contribution is 0.0782. The lowest BCUT2D eigenvalue weighted by Gasteiger charge is -2.18. The van der Waals surface area contributed by atoms with E-state index < -0.39 is 17.2 Å². The van der Waals surface area contributed by atoms with Crippen LogP contribution in [0.2, 0.25) is 0 Å². The van der Waals surface area contributed by atoms with Crippen molar-refractivity contribution in [1.82, 2.24) is 19.8 Å². The van der Waals surface area contributed by atoms with Crippen molar-refractivity contribution in [3.63, 3.8) is 0 Å². The van der Waals surface area contributed by atoms with E-state index >= 15 is 0 Å². The van der Waals surface area contributed by atoms with Gasteiger partial charge in [-0.15, -0.1) is 11.3 Å². The first kappa shape index (κ1) is 23.7. The Labute approximate surface area is 213 Å². The molecule has 1 saturated carbocycles. The maximum Gasteiger partial charge on any atom is 0.259 e. The highest BCUT2D eigenvalue weighted by Gasteiger charge is 2.27. The first-order valence-corrected chi connectivity index (χ1v) is 12.7. The van der Waals surface area contributed by atoms with Crippen LogP contribution >= 0.6 is 11.3 Å². The quantitative estimate of drug-likeness (QED) is 0.395. The van der Waals surface area contributed by atoms with Gasteiger partial charge in [0, 0.05) is 43.0 Å². The van der Waals surface area contributed by atoms with Gasteiger partial charge in [0.05, 0.1) is 12.2 Å². The van der Waals surface area contributed by atoms with Crippen LogP contribution in [0.5, 0.6) is 0 Å². The third-order valence-corrected chi connectivity index (χ3v) is 6.85. The molecule has 8 heteroatoms. The van der Waals surface area contributed by atoms with Crippen LogP contribution in [0.4, 0.5) is 0 Å². The summed E-state index contributed by atoms with van der Waals surface area (Å²) in [6.07, 6.45) is 4.89. The predicted octanol–water partition coefficient (Wildman–Crippen LogP) is 4.18. The van der Waals surface area contributed by atoms with Crippen LogP contribution in [0, 0.1) is 0 Å². The second-order valence-electron chi connectivity index (χ2n) is 8.97. The maximum absolute atomic E-state index is 13.4. The molecule has 0 atom stereocenters. The van der Waals surface area contributed by atoms with Crippen LogP contribution in [-0.2, 0) is 13.1 Å². The SMILES string of the molecule is CN(Cc1nc(-c2ccccc2)cs1)C(=O)c1cn(Cc2ccccc2)cc(C(=O)NC2CC2)c1=O. The number of nitrogens with one attached hydrogen (secondary N) is 1. The van der Waals surface area contributed by atoms with Gasteiger partial charge in [-0.3, -0.25) is 14.4 Å². The highest BCUT2D eigenvalue weighted by molar-refractivity contribution is 7.09. The van der Waals surface area contributed by atoms with Crippen molar-refractivity contribution in [2.75, 3.05) is 7.05 Å². The molecule has 2 amide bonds. The van der Waals surface area contributed by atoms with Gasteiger partial charge in [-0.25, -0.2) is 4.98 Å². The van der Waals surface area contributed by atoms with Crippen molar-refractivity contribution >= 4 is 23.2 Å². The molecule has 4 aromatic rings. The van der Waals surface area contributed by atoms with E-state index in [1.807, 2.05) is 66.0 Å². The van der Waals surface area contributed by atoms with Gasteiger partial charge >= 0.3 is 0 Å². The normalized spacial score (nSPS) is 12.8. The summed E-state index contributed by atoms with van der Waals surface area (Å²) in [7, 11) is 1.64. The van der Waals surface area contributed by atoms with Crippen LogP contribution in [0.15, 0.2) is 83.2 Å². The first-order chi connectivity index (χ1) is 17.5. The average molecular weight is 499 g/mol. The number of benzene rings is 2. The highest BCUT2D eigenvalue weighted by atomic mass is 32.1. The number of aromatic nitrogens is 2. The third-order valence-electron chi connectivity index (χ3n) is 6.02. The fourth-order valence-corrected chi connectivity index (χ4v) is 4.78. The Kier molecular flexibility index (Phi) is 6.77. The second-order valence-corrected chi connectivity index (χ2v) is 9.92. The molecule has 2 aromatic carbocycles. The van der Waals surface area contributed by atoms with Gasteiger partial charge in [-0.05, 0) is 18.4 Å². The summed E-state index contributed by atoms with van der Waals surface area (Å²) < 4.78 is 1.73. The van der Waals surface area contributed by atoms with Crippen LogP contribution in [0.25, 0.3) is 11.3 Å². The minimum absolute atomic E-state index is 0.0160. The number of rotatable bonds is 8. The Morgan fingerprint density at radius 3 is 2.39 bits per heavy atom. The summed E-state index contributed by atoms with van der Waals surface area (Å²) in [4.78, 5) is 45.7. The van der Waals surface area contributed by atoms with Crippen LogP contribution in [0.1, 0.15) is 44.1 Å². The van der Waals surface area contributed by atoms with E-state index in [4.69, 9.17) is 0 Å². The van der Waals surface area contributed by atoms with Crippen molar-refractivity contribution in [1.29, 1.82) is 0 Å². The van der Waals surface area contributed by atoms with E-state index in [0.717, 1.165) is 34.7 Å². The molecule has 5 rings (SSSR count). The van der Waals surface area contributed by atoms with Gasteiger partial charge in [0.15, 0.2) is 0 Å². The summed E-state index contributed by atoms with van der Waals surface area (Å²) >= 11 is 1.46. The number of amides is 2. The molecule has 0 radical (unpaired) electrons. The summed E-state index contributed by atoms with van der Waals surface area (Å²) in [6, 6.07) is 19.6. The van der Waals surface area contributed by atoms with E-state index in [-0.39, 0.29) is 23.7 Å². The predicted molar refractivity (Wildman–Crippen MR) is 140 cm³/mol. The second kappa shape index (κ2) is 10.3. The average Bonchev–Trinajstić information content (AvgIpc) is 3.59. The zero-order chi connectivity index (χ0) is 25.1. The molecule has 0 saturated heterocycles. The molecule has 1 aliphatic rings. The summed E-state index contributed by atoms with van der Waals surface area (Å²) in [6.45, 7) is 0.689. The Hall–Kier alpha value is -4.04. The molecule has 182 valence electrons. The number of thiazole rings is 1. The lowest BCUT2D eigenvalue weighted by atomic mass is 10.1. The molecule has 0 aliphatic heterocycles. The van der Waals surface area contributed by atoms with Crippen molar-refractivity contribution in [3.8, 4) is 11.3 Å². The van der Waals surface area contributed by atoms with Crippen LogP contribution < -0.4 is 10.7 Å². The Balaban J connectivity index is 1.41. The monoisotopic (exact) mass is 498 g/mol. The molecule has 0 spiro atoms. The Bertz CT molecular complexity index is 1440. The molecule has 2 aromatic heterocycles. The van der Waals surface area contributed by atoms with E-state index in [0.29, 0.717) is 6.54 Å². The van der Waals surface area contributed by atoms with Crippen molar-refractivity contribution < 1.29 is 9.59 Å². The van der Waals surface area contributed by atoms with E-state index in [1.165, 1.54) is 22.4 Å². The number of carbonyl (C=O) groups excluding carboxylic acids is 2. The molecular weight excluding hydrogens is 472 g/mol. The van der Waals surface area contributed by atoms with E-state index in [9.17, 15) is 14.4 Å². The smallest absolute Gasteiger partial charge is 0.259 e. The molecule has 0 unspecified atom stereocenters. The van der Waals surface area contributed by atoms with E-state index in [1.54, 1.807) is 17.8 Å². The standard InChI is InChI=1S/C28H26N4O3S/c1-31(17-25-30-24(18-36-25)20-10-6-3-7-11-20)28(35)23-16-32(14-19-8-4-2-5-9-19)15-22(26(23)33)27(34)29-21-12-13-21/h2-11,15-16,18,21H,12-14,17H2,1H3,(H,29,34). The zero-order valence-corrected chi connectivity index (χ0v) is 20.7. The minimum Gasteiger partial charge on any atom is -0.349 e. The van der Waals surface area contributed by atoms with Gasteiger partial charge in [-0.2, -0.15) is 0 Å². The fourth-order valence-electron chi connectivity index (χ4n) is 3.93. The molecular formula is C28H26N4O3S. The number of pyridine rings is 1. The lowest BCUT2D eigenvalue weighted by Crippen LogP contribution is -2.36. The van der Waals surface area contributed by atoms with Crippen LogP contribution in [-0.4, -0.2) is 39.4 Å². The molecule has 7 nitrogen and oxygen atoms in total. The van der Waals surface area contributed by atoms with Gasteiger partial charge in [-0.1, -0.05) is 60.7 Å². The molecule has 1 N–H and O–H groups in total. The largest absolute Gasteiger partial charge is 0.349 e. The molecule has 1 aliphatic carbocycles. The van der Waals surface area contributed by atoms with Gasteiger partial charge in [0.1, 0.15) is 16.1 Å². The number of carbonyl (C=O) groups is 2.